The summed E-state index contributed by atoms with van der Waals surface area (Å²) in [5, 5.41) is 3.40. The SMILES string of the molecule is CCNC(=NCCCc1ccc(OC)c(OCC)c1)N1CCCC1.I. The number of aryl methyl sites for hydroxylation is 1. The summed E-state index contributed by atoms with van der Waals surface area (Å²) in [6.45, 7) is 8.77. The molecule has 0 amide bonds. The highest BCUT2D eigenvalue weighted by Gasteiger charge is 2.15. The van der Waals surface area contributed by atoms with Gasteiger partial charge in [-0.2, -0.15) is 0 Å². The highest BCUT2D eigenvalue weighted by Crippen LogP contribution is 2.28. The van der Waals surface area contributed by atoms with Crippen LogP contribution in [0.4, 0.5) is 0 Å². The van der Waals surface area contributed by atoms with E-state index in [0.717, 1.165) is 56.5 Å². The normalized spacial score (nSPS) is 14.2. The maximum Gasteiger partial charge on any atom is 0.193 e. The predicted octanol–water partition coefficient (Wildman–Crippen LogP) is 3.71. The summed E-state index contributed by atoms with van der Waals surface area (Å²) >= 11 is 0. The zero-order valence-electron chi connectivity index (χ0n) is 15.7. The van der Waals surface area contributed by atoms with Crippen LogP contribution in [0.25, 0.3) is 0 Å². The van der Waals surface area contributed by atoms with Crippen LogP contribution in [-0.2, 0) is 6.42 Å². The van der Waals surface area contributed by atoms with E-state index in [1.54, 1.807) is 7.11 Å². The smallest absolute Gasteiger partial charge is 0.193 e. The van der Waals surface area contributed by atoms with Crippen LogP contribution in [0.5, 0.6) is 11.5 Å². The molecule has 1 aromatic carbocycles. The van der Waals surface area contributed by atoms with Gasteiger partial charge in [0.05, 0.1) is 13.7 Å². The van der Waals surface area contributed by atoms with Crippen molar-refractivity contribution in [3.63, 3.8) is 0 Å². The fourth-order valence-corrected chi connectivity index (χ4v) is 2.97. The number of halogens is 1. The van der Waals surface area contributed by atoms with Crippen molar-refractivity contribution in [2.24, 2.45) is 4.99 Å². The monoisotopic (exact) mass is 461 g/mol. The molecular weight excluding hydrogens is 429 g/mol. The Morgan fingerprint density at radius 2 is 1.96 bits per heavy atom. The van der Waals surface area contributed by atoms with Gasteiger partial charge in [0.1, 0.15) is 0 Å². The van der Waals surface area contributed by atoms with Crippen molar-refractivity contribution >= 4 is 29.9 Å². The molecule has 1 aromatic rings. The molecule has 25 heavy (non-hydrogen) atoms. The lowest BCUT2D eigenvalue weighted by molar-refractivity contribution is 0.310. The van der Waals surface area contributed by atoms with Crippen molar-refractivity contribution in [1.29, 1.82) is 0 Å². The lowest BCUT2D eigenvalue weighted by Crippen LogP contribution is -2.39. The molecule has 6 heteroatoms. The van der Waals surface area contributed by atoms with Crippen molar-refractivity contribution in [2.75, 3.05) is 39.9 Å². The molecule has 1 aliphatic heterocycles. The Kier molecular flexibility index (Phi) is 10.7. The van der Waals surface area contributed by atoms with Gasteiger partial charge in [0.25, 0.3) is 0 Å². The second kappa shape index (κ2) is 12.2. The standard InChI is InChI=1S/C19H31N3O2.HI/c1-4-20-19(22-13-6-7-14-22)21-12-8-9-16-10-11-17(23-3)18(15-16)24-5-2;/h10-11,15H,4-9,12-14H2,1-3H3,(H,20,21);1H. The zero-order chi connectivity index (χ0) is 17.2. The summed E-state index contributed by atoms with van der Waals surface area (Å²) in [5.41, 5.74) is 1.26. The molecule has 5 nitrogen and oxygen atoms in total. The Hall–Kier alpha value is -1.18. The van der Waals surface area contributed by atoms with Gasteiger partial charge in [-0.15, -0.1) is 24.0 Å². The van der Waals surface area contributed by atoms with E-state index in [1.165, 1.54) is 18.4 Å². The van der Waals surface area contributed by atoms with E-state index in [4.69, 9.17) is 14.5 Å². The lowest BCUT2D eigenvalue weighted by Gasteiger charge is -2.20. The summed E-state index contributed by atoms with van der Waals surface area (Å²) in [7, 11) is 1.67. The number of nitrogens with one attached hydrogen (secondary N) is 1. The van der Waals surface area contributed by atoms with E-state index in [0.29, 0.717) is 6.61 Å². The molecule has 142 valence electrons. The van der Waals surface area contributed by atoms with Crippen molar-refractivity contribution in [2.45, 2.75) is 39.5 Å². The van der Waals surface area contributed by atoms with Crippen LogP contribution in [0.15, 0.2) is 23.2 Å². The van der Waals surface area contributed by atoms with Crippen LogP contribution in [0, 0.1) is 0 Å². The number of aliphatic imine (C=N–C) groups is 1. The molecule has 1 heterocycles. The maximum atomic E-state index is 5.64. The molecular formula is C19H32IN3O2. The van der Waals surface area contributed by atoms with Gasteiger partial charge in [0, 0.05) is 26.2 Å². The van der Waals surface area contributed by atoms with Gasteiger partial charge in [0.2, 0.25) is 0 Å². The number of ether oxygens (including phenoxy) is 2. The van der Waals surface area contributed by atoms with E-state index in [1.807, 2.05) is 13.0 Å². The molecule has 1 aliphatic rings. The average Bonchev–Trinajstić information content (AvgIpc) is 3.12. The van der Waals surface area contributed by atoms with Gasteiger partial charge in [-0.3, -0.25) is 4.99 Å². The van der Waals surface area contributed by atoms with Crippen LogP contribution < -0.4 is 14.8 Å². The molecule has 0 unspecified atom stereocenters. The molecule has 0 aliphatic carbocycles. The van der Waals surface area contributed by atoms with Crippen molar-refractivity contribution < 1.29 is 9.47 Å². The quantitative estimate of drug-likeness (QED) is 0.278. The molecule has 0 radical (unpaired) electrons. The van der Waals surface area contributed by atoms with Crippen molar-refractivity contribution in [3.8, 4) is 11.5 Å². The van der Waals surface area contributed by atoms with Crippen LogP contribution >= 0.6 is 24.0 Å². The predicted molar refractivity (Wildman–Crippen MR) is 115 cm³/mol. The van der Waals surface area contributed by atoms with Crippen LogP contribution in [0.2, 0.25) is 0 Å². The van der Waals surface area contributed by atoms with E-state index < -0.39 is 0 Å². The first-order valence-electron chi connectivity index (χ1n) is 9.11. The molecule has 1 saturated heterocycles. The molecule has 0 bridgehead atoms. The summed E-state index contributed by atoms with van der Waals surface area (Å²) in [6, 6.07) is 6.17. The minimum Gasteiger partial charge on any atom is -0.493 e. The number of benzene rings is 1. The van der Waals surface area contributed by atoms with Crippen LogP contribution in [-0.4, -0.2) is 50.8 Å². The number of hydrogen-bond donors (Lipinski definition) is 1. The van der Waals surface area contributed by atoms with Crippen LogP contribution in [0.1, 0.15) is 38.7 Å². The summed E-state index contributed by atoms with van der Waals surface area (Å²) in [6.07, 6.45) is 4.57. The molecule has 0 atom stereocenters. The van der Waals surface area contributed by atoms with Gasteiger partial charge in [-0.25, -0.2) is 0 Å². The minimum atomic E-state index is 0. The van der Waals surface area contributed by atoms with Gasteiger partial charge < -0.3 is 19.7 Å². The minimum absolute atomic E-state index is 0. The summed E-state index contributed by atoms with van der Waals surface area (Å²) in [5.74, 6) is 2.69. The van der Waals surface area contributed by atoms with Gasteiger partial charge >= 0.3 is 0 Å². The van der Waals surface area contributed by atoms with Gasteiger partial charge in [-0.05, 0) is 57.2 Å². The van der Waals surface area contributed by atoms with E-state index in [-0.39, 0.29) is 24.0 Å². The number of methoxy groups -OCH3 is 1. The summed E-state index contributed by atoms with van der Waals surface area (Å²) < 4.78 is 11.0. The Morgan fingerprint density at radius 3 is 2.60 bits per heavy atom. The highest BCUT2D eigenvalue weighted by molar-refractivity contribution is 14.0. The topological polar surface area (TPSA) is 46.1 Å². The molecule has 2 rings (SSSR count). The van der Waals surface area contributed by atoms with E-state index >= 15 is 0 Å². The Labute approximate surface area is 169 Å². The first-order chi connectivity index (χ1) is 11.8. The third kappa shape index (κ3) is 6.92. The summed E-state index contributed by atoms with van der Waals surface area (Å²) in [4.78, 5) is 7.14. The molecule has 1 fully saturated rings. The molecule has 1 N–H and O–H groups in total. The second-order valence-electron chi connectivity index (χ2n) is 5.95. The Balaban J connectivity index is 0.00000312. The fourth-order valence-electron chi connectivity index (χ4n) is 2.97. The third-order valence-corrected chi connectivity index (χ3v) is 4.15. The van der Waals surface area contributed by atoms with E-state index in [2.05, 4.69) is 29.3 Å². The Bertz CT molecular complexity index is 531. The highest BCUT2D eigenvalue weighted by atomic mass is 127. The molecule has 0 saturated carbocycles. The maximum absolute atomic E-state index is 5.64. The van der Waals surface area contributed by atoms with Gasteiger partial charge in [-0.1, -0.05) is 6.07 Å². The fraction of sp³-hybridized carbons (Fsp3) is 0.632. The Morgan fingerprint density at radius 1 is 1.20 bits per heavy atom. The van der Waals surface area contributed by atoms with E-state index in [9.17, 15) is 0 Å². The van der Waals surface area contributed by atoms with Crippen molar-refractivity contribution in [1.82, 2.24) is 10.2 Å². The third-order valence-electron chi connectivity index (χ3n) is 4.15. The van der Waals surface area contributed by atoms with Crippen molar-refractivity contribution in [3.05, 3.63) is 23.8 Å². The lowest BCUT2D eigenvalue weighted by atomic mass is 10.1. The first-order valence-corrected chi connectivity index (χ1v) is 9.11. The first kappa shape index (κ1) is 21.9. The largest absolute Gasteiger partial charge is 0.493 e. The number of guanidine groups is 1. The number of hydrogen-bond acceptors (Lipinski definition) is 3. The van der Waals surface area contributed by atoms with Gasteiger partial charge in [0.15, 0.2) is 17.5 Å². The molecule has 0 aromatic heterocycles. The zero-order valence-corrected chi connectivity index (χ0v) is 18.0. The number of nitrogens with zero attached hydrogens (tertiary/aromatic N) is 2. The average molecular weight is 461 g/mol. The second-order valence-corrected chi connectivity index (χ2v) is 5.95. The number of rotatable bonds is 8. The van der Waals surface area contributed by atoms with Crippen LogP contribution in [0.3, 0.4) is 0 Å². The number of likely N-dealkylation sites (tertiary alicyclic amines) is 1. The molecule has 0 spiro atoms.